The summed E-state index contributed by atoms with van der Waals surface area (Å²) in [6.07, 6.45) is -2.31. The van der Waals surface area contributed by atoms with Crippen LogP contribution < -0.4 is 5.32 Å². The van der Waals surface area contributed by atoms with Crippen molar-refractivity contribution in [3.63, 3.8) is 0 Å². The quantitative estimate of drug-likeness (QED) is 0.526. The van der Waals surface area contributed by atoms with Gasteiger partial charge in [-0.25, -0.2) is 18.7 Å². The Morgan fingerprint density at radius 3 is 2.81 bits per heavy atom. The van der Waals surface area contributed by atoms with Crippen molar-refractivity contribution in [3.8, 4) is 0 Å². The molecule has 21 heavy (non-hydrogen) atoms. The molecule has 0 aliphatic carbocycles. The lowest BCUT2D eigenvalue weighted by atomic mass is 10.4. The normalized spacial score (nSPS) is 12.1. The number of nitrogens with zero attached hydrogens (tertiary/aromatic N) is 2. The third kappa shape index (κ3) is 6.78. The van der Waals surface area contributed by atoms with Gasteiger partial charge in [-0.2, -0.15) is 8.78 Å². The first-order valence-electron chi connectivity index (χ1n) is 6.20. The molecular formula is C12H17F4N3O2. The van der Waals surface area contributed by atoms with E-state index in [9.17, 15) is 17.6 Å². The van der Waals surface area contributed by atoms with E-state index < -0.39 is 19.0 Å². The van der Waals surface area contributed by atoms with E-state index in [1.807, 2.05) is 0 Å². The van der Waals surface area contributed by atoms with E-state index in [1.165, 1.54) is 6.20 Å². The van der Waals surface area contributed by atoms with Crippen molar-refractivity contribution in [2.75, 3.05) is 26.9 Å². The molecule has 0 bridgehead atoms. The average molecular weight is 311 g/mol. The Bertz CT molecular complexity index is 421. The summed E-state index contributed by atoms with van der Waals surface area (Å²) in [7, 11) is 1.58. The second-order valence-corrected chi connectivity index (χ2v) is 4.19. The fourth-order valence-electron chi connectivity index (χ4n) is 1.34. The van der Waals surface area contributed by atoms with Crippen LogP contribution in [0.5, 0.6) is 0 Å². The summed E-state index contributed by atoms with van der Waals surface area (Å²) in [5.41, 5.74) is 0.639. The van der Waals surface area contributed by atoms with Crippen LogP contribution in [0, 0.1) is 0 Å². The molecule has 0 radical (unpaired) electrons. The van der Waals surface area contributed by atoms with Crippen LogP contribution in [-0.4, -0.2) is 49.2 Å². The lowest BCUT2D eigenvalue weighted by Gasteiger charge is -2.14. The van der Waals surface area contributed by atoms with E-state index in [0.29, 0.717) is 25.4 Å². The van der Waals surface area contributed by atoms with Crippen molar-refractivity contribution in [1.82, 2.24) is 15.3 Å². The van der Waals surface area contributed by atoms with Crippen molar-refractivity contribution in [1.29, 1.82) is 0 Å². The van der Waals surface area contributed by atoms with Crippen LogP contribution in [-0.2, 0) is 22.6 Å². The molecule has 1 aromatic rings. The molecule has 0 aliphatic rings. The van der Waals surface area contributed by atoms with Gasteiger partial charge in [0, 0.05) is 26.4 Å². The summed E-state index contributed by atoms with van der Waals surface area (Å²) in [5, 5.41) is 3.05. The maximum atomic E-state index is 12.6. The number of rotatable bonds is 10. The highest BCUT2D eigenvalue weighted by Gasteiger charge is 2.40. The molecule has 1 aromatic heterocycles. The molecule has 0 unspecified atom stereocenters. The Kier molecular flexibility index (Phi) is 7.48. The fourth-order valence-corrected chi connectivity index (χ4v) is 1.34. The van der Waals surface area contributed by atoms with Crippen LogP contribution in [0.15, 0.2) is 12.3 Å². The lowest BCUT2D eigenvalue weighted by Crippen LogP contribution is -2.32. The van der Waals surface area contributed by atoms with Crippen molar-refractivity contribution < 1.29 is 27.0 Å². The minimum atomic E-state index is -4.17. The highest BCUT2D eigenvalue weighted by Crippen LogP contribution is 2.23. The molecule has 0 atom stereocenters. The van der Waals surface area contributed by atoms with E-state index in [-0.39, 0.29) is 12.4 Å². The summed E-state index contributed by atoms with van der Waals surface area (Å²) in [6.45, 7) is -0.0959. The molecule has 1 rings (SSSR count). The van der Waals surface area contributed by atoms with Gasteiger partial charge in [0.05, 0.1) is 12.3 Å². The monoisotopic (exact) mass is 311 g/mol. The van der Waals surface area contributed by atoms with Crippen molar-refractivity contribution in [3.05, 3.63) is 23.8 Å². The second-order valence-electron chi connectivity index (χ2n) is 4.19. The molecule has 9 heteroatoms. The molecule has 0 spiro atoms. The van der Waals surface area contributed by atoms with Gasteiger partial charge in [0.15, 0.2) is 5.82 Å². The minimum absolute atomic E-state index is 0.158. The average Bonchev–Trinajstić information content (AvgIpc) is 2.44. The number of methoxy groups -OCH3 is 1. The van der Waals surface area contributed by atoms with E-state index in [1.54, 1.807) is 13.2 Å². The van der Waals surface area contributed by atoms with Gasteiger partial charge in [-0.3, -0.25) is 0 Å². The highest BCUT2D eigenvalue weighted by molar-refractivity contribution is 5.01. The Hall–Kier alpha value is -1.32. The molecule has 5 nitrogen and oxygen atoms in total. The predicted molar refractivity (Wildman–Crippen MR) is 66.2 cm³/mol. The molecule has 1 N–H and O–H groups in total. The summed E-state index contributed by atoms with van der Waals surface area (Å²) >= 11 is 0. The maximum Gasteiger partial charge on any atom is 0.330 e. The Morgan fingerprint density at radius 1 is 1.38 bits per heavy atom. The topological polar surface area (TPSA) is 56.3 Å². The van der Waals surface area contributed by atoms with Crippen LogP contribution >= 0.6 is 0 Å². The zero-order valence-corrected chi connectivity index (χ0v) is 11.5. The van der Waals surface area contributed by atoms with Crippen LogP contribution in [0.25, 0.3) is 0 Å². The predicted octanol–water partition coefficient (Wildman–Crippen LogP) is 1.63. The maximum absolute atomic E-state index is 12.6. The van der Waals surface area contributed by atoms with Gasteiger partial charge in [0.25, 0.3) is 0 Å². The molecule has 0 saturated heterocycles. The van der Waals surface area contributed by atoms with Gasteiger partial charge in [-0.05, 0) is 6.07 Å². The van der Waals surface area contributed by atoms with Crippen LogP contribution in [0.1, 0.15) is 11.5 Å². The smallest absolute Gasteiger partial charge is 0.330 e. The van der Waals surface area contributed by atoms with E-state index in [2.05, 4.69) is 20.0 Å². The number of hydrogen-bond acceptors (Lipinski definition) is 5. The molecule has 0 aromatic carbocycles. The first-order valence-corrected chi connectivity index (χ1v) is 6.20. The van der Waals surface area contributed by atoms with Crippen LogP contribution in [0.3, 0.4) is 0 Å². The third-order valence-electron chi connectivity index (χ3n) is 2.40. The van der Waals surface area contributed by atoms with Crippen LogP contribution in [0.2, 0.25) is 0 Å². The van der Waals surface area contributed by atoms with Gasteiger partial charge in [0.2, 0.25) is 0 Å². The van der Waals surface area contributed by atoms with Crippen molar-refractivity contribution in [2.24, 2.45) is 0 Å². The number of ether oxygens (including phenoxy) is 2. The summed E-state index contributed by atoms with van der Waals surface area (Å²) in [5.74, 6) is -4.01. The second kappa shape index (κ2) is 8.85. The number of hydrogen-bond donors (Lipinski definition) is 1. The number of halogens is 4. The number of nitrogens with one attached hydrogen (secondary N) is 1. The first-order chi connectivity index (χ1) is 9.95. The number of alkyl halides is 4. The molecule has 1 heterocycles. The molecule has 0 saturated carbocycles. The zero-order chi connectivity index (χ0) is 15.7. The summed E-state index contributed by atoms with van der Waals surface area (Å²) in [4.78, 5) is 7.89. The van der Waals surface area contributed by atoms with Gasteiger partial charge >= 0.3 is 12.3 Å². The largest absolute Gasteiger partial charge is 0.383 e. The molecule has 120 valence electrons. The fraction of sp³-hybridized carbons (Fsp3) is 0.667. The Morgan fingerprint density at radius 2 is 2.14 bits per heavy atom. The minimum Gasteiger partial charge on any atom is -0.383 e. The molecule has 0 amide bonds. The summed E-state index contributed by atoms with van der Waals surface area (Å²) in [6, 6.07) is 1.65. The molecular weight excluding hydrogens is 294 g/mol. The molecule has 0 aliphatic heterocycles. The summed E-state index contributed by atoms with van der Waals surface area (Å²) < 4.78 is 58.5. The van der Waals surface area contributed by atoms with Gasteiger partial charge in [0.1, 0.15) is 13.2 Å². The SMILES string of the molecule is COCCNCc1ccnc(COCC(F)(F)C(F)F)n1. The lowest BCUT2D eigenvalue weighted by molar-refractivity contribution is -0.168. The van der Waals surface area contributed by atoms with Crippen molar-refractivity contribution >= 4 is 0 Å². The van der Waals surface area contributed by atoms with Crippen LogP contribution in [0.4, 0.5) is 17.6 Å². The number of aromatic nitrogens is 2. The van der Waals surface area contributed by atoms with E-state index in [0.717, 1.165) is 0 Å². The first kappa shape index (κ1) is 17.7. The third-order valence-corrected chi connectivity index (χ3v) is 2.40. The van der Waals surface area contributed by atoms with E-state index >= 15 is 0 Å². The van der Waals surface area contributed by atoms with Gasteiger partial charge in [-0.15, -0.1) is 0 Å². The Balaban J connectivity index is 2.39. The van der Waals surface area contributed by atoms with E-state index in [4.69, 9.17) is 4.74 Å². The highest BCUT2D eigenvalue weighted by atomic mass is 19.3. The van der Waals surface area contributed by atoms with Gasteiger partial charge in [-0.1, -0.05) is 0 Å². The zero-order valence-electron chi connectivity index (χ0n) is 11.5. The molecule has 0 fully saturated rings. The standard InChI is InChI=1S/C12H17F4N3O2/c1-20-5-4-17-6-9-2-3-18-10(19-9)7-21-8-12(15,16)11(13)14/h2-3,11,17H,4-8H2,1H3. The van der Waals surface area contributed by atoms with Gasteiger partial charge < -0.3 is 14.8 Å². The Labute approximate surface area is 119 Å². The van der Waals surface area contributed by atoms with Crippen molar-refractivity contribution in [2.45, 2.75) is 25.5 Å².